The van der Waals surface area contributed by atoms with Crippen LogP contribution in [0.2, 0.25) is 0 Å². The predicted octanol–water partition coefficient (Wildman–Crippen LogP) is 1.25. The Labute approximate surface area is 106 Å². The largest absolute Gasteiger partial charge is 0.396 e. The Morgan fingerprint density at radius 2 is 2.11 bits per heavy atom. The monoisotopic (exact) mass is 249 g/mol. The van der Waals surface area contributed by atoms with Gasteiger partial charge in [0.2, 0.25) is 0 Å². The maximum absolute atomic E-state index is 9.06. The van der Waals surface area contributed by atoms with Crippen LogP contribution in [-0.2, 0) is 0 Å². The molecule has 0 aliphatic heterocycles. The molecule has 2 N–H and O–H groups in total. The number of anilines is 1. The van der Waals surface area contributed by atoms with Crippen LogP contribution in [0.4, 0.5) is 5.82 Å². The molecule has 0 bridgehead atoms. The lowest BCUT2D eigenvalue weighted by Gasteiger charge is -2.21. The molecule has 0 saturated heterocycles. The first-order valence-electron chi connectivity index (χ1n) is 6.18. The fourth-order valence-electron chi connectivity index (χ4n) is 1.87. The molecular formula is C12H19N5O. The van der Waals surface area contributed by atoms with Crippen molar-refractivity contribution in [3.05, 3.63) is 18.0 Å². The molecule has 0 aliphatic carbocycles. The zero-order valence-corrected chi connectivity index (χ0v) is 11.0. The second kappa shape index (κ2) is 5.30. The van der Waals surface area contributed by atoms with Gasteiger partial charge in [-0.25, -0.2) is 0 Å². The summed E-state index contributed by atoms with van der Waals surface area (Å²) in [4.78, 5) is 0. The molecule has 6 nitrogen and oxygen atoms in total. The zero-order valence-electron chi connectivity index (χ0n) is 11.0. The average Bonchev–Trinajstić information content (AvgIpc) is 2.70. The minimum atomic E-state index is 0.170. The molecule has 1 atom stereocenters. The lowest BCUT2D eigenvalue weighted by atomic mass is 10.0. The van der Waals surface area contributed by atoms with Crippen molar-refractivity contribution in [2.75, 3.05) is 11.9 Å². The molecule has 0 spiro atoms. The minimum Gasteiger partial charge on any atom is -0.396 e. The molecule has 2 heterocycles. The summed E-state index contributed by atoms with van der Waals surface area (Å²) in [5, 5.41) is 24.8. The standard InChI is InChI=1S/C12H19N5O/c1-8(2)10(6-7-18)13-11-4-5-12-15-14-9(3)17(12)16-11/h4-5,8,10,18H,6-7H2,1-3H3,(H,13,16). The summed E-state index contributed by atoms with van der Waals surface area (Å²) in [6.07, 6.45) is 0.707. The molecule has 0 aliphatic rings. The summed E-state index contributed by atoms with van der Waals surface area (Å²) in [5.41, 5.74) is 0.737. The molecule has 98 valence electrons. The summed E-state index contributed by atoms with van der Waals surface area (Å²) in [5.74, 6) is 1.96. The number of nitrogens with one attached hydrogen (secondary N) is 1. The Morgan fingerprint density at radius 1 is 1.33 bits per heavy atom. The summed E-state index contributed by atoms with van der Waals surface area (Å²) in [7, 11) is 0. The lowest BCUT2D eigenvalue weighted by Crippen LogP contribution is -2.27. The smallest absolute Gasteiger partial charge is 0.178 e. The SMILES string of the molecule is Cc1nnc2ccc(NC(CCO)C(C)C)nn12. The van der Waals surface area contributed by atoms with E-state index in [1.165, 1.54) is 0 Å². The van der Waals surface area contributed by atoms with Gasteiger partial charge in [0, 0.05) is 12.6 Å². The maximum atomic E-state index is 9.06. The number of nitrogens with zero attached hydrogens (tertiary/aromatic N) is 4. The van der Waals surface area contributed by atoms with Gasteiger partial charge in [0.1, 0.15) is 5.82 Å². The Hall–Kier alpha value is -1.69. The van der Waals surface area contributed by atoms with Crippen LogP contribution in [0.25, 0.3) is 5.65 Å². The quantitative estimate of drug-likeness (QED) is 0.834. The van der Waals surface area contributed by atoms with Crippen LogP contribution < -0.4 is 5.32 Å². The molecule has 0 fully saturated rings. The van der Waals surface area contributed by atoms with Gasteiger partial charge in [0.25, 0.3) is 0 Å². The van der Waals surface area contributed by atoms with Gasteiger partial charge >= 0.3 is 0 Å². The third-order valence-electron chi connectivity index (χ3n) is 3.00. The number of aromatic nitrogens is 4. The fourth-order valence-corrected chi connectivity index (χ4v) is 1.87. The van der Waals surface area contributed by atoms with Crippen LogP contribution >= 0.6 is 0 Å². The molecule has 18 heavy (non-hydrogen) atoms. The van der Waals surface area contributed by atoms with Crippen LogP contribution in [0, 0.1) is 12.8 Å². The van der Waals surface area contributed by atoms with Crippen molar-refractivity contribution < 1.29 is 5.11 Å². The van der Waals surface area contributed by atoms with E-state index in [4.69, 9.17) is 5.11 Å². The van der Waals surface area contributed by atoms with Crippen molar-refractivity contribution in [2.45, 2.75) is 33.2 Å². The van der Waals surface area contributed by atoms with Crippen molar-refractivity contribution >= 4 is 11.5 Å². The highest BCUT2D eigenvalue weighted by Gasteiger charge is 2.13. The van der Waals surface area contributed by atoms with Crippen LogP contribution in [0.5, 0.6) is 0 Å². The maximum Gasteiger partial charge on any atom is 0.178 e. The summed E-state index contributed by atoms with van der Waals surface area (Å²) >= 11 is 0. The van der Waals surface area contributed by atoms with Crippen molar-refractivity contribution in [2.24, 2.45) is 5.92 Å². The van der Waals surface area contributed by atoms with Crippen LogP contribution in [0.3, 0.4) is 0 Å². The predicted molar refractivity (Wildman–Crippen MR) is 69.5 cm³/mol. The van der Waals surface area contributed by atoms with Crippen molar-refractivity contribution in [3.8, 4) is 0 Å². The Balaban J connectivity index is 2.22. The number of rotatable bonds is 5. The number of aryl methyl sites for hydroxylation is 1. The van der Waals surface area contributed by atoms with E-state index in [1.807, 2.05) is 19.1 Å². The van der Waals surface area contributed by atoms with E-state index in [2.05, 4.69) is 34.5 Å². The molecule has 2 aromatic heterocycles. The molecule has 0 saturated carbocycles. The number of aliphatic hydroxyl groups excluding tert-OH is 1. The lowest BCUT2D eigenvalue weighted by molar-refractivity contribution is 0.267. The molecule has 0 radical (unpaired) electrons. The molecule has 2 aromatic rings. The Bertz CT molecular complexity index is 522. The van der Waals surface area contributed by atoms with Crippen molar-refractivity contribution in [3.63, 3.8) is 0 Å². The molecule has 2 rings (SSSR count). The first kappa shape index (κ1) is 12.8. The van der Waals surface area contributed by atoms with E-state index in [0.717, 1.165) is 17.3 Å². The number of hydrogen-bond acceptors (Lipinski definition) is 5. The van der Waals surface area contributed by atoms with E-state index in [0.29, 0.717) is 12.3 Å². The first-order valence-corrected chi connectivity index (χ1v) is 6.18. The second-order valence-corrected chi connectivity index (χ2v) is 4.74. The fraction of sp³-hybridized carbons (Fsp3) is 0.583. The van der Waals surface area contributed by atoms with Crippen molar-refractivity contribution in [1.29, 1.82) is 0 Å². The Morgan fingerprint density at radius 3 is 2.78 bits per heavy atom. The second-order valence-electron chi connectivity index (χ2n) is 4.74. The highest BCUT2D eigenvalue weighted by molar-refractivity contribution is 5.44. The summed E-state index contributed by atoms with van der Waals surface area (Å²) in [6.45, 7) is 6.28. The third-order valence-corrected chi connectivity index (χ3v) is 3.00. The number of aliphatic hydroxyl groups is 1. The van der Waals surface area contributed by atoms with Gasteiger partial charge in [-0.2, -0.15) is 4.52 Å². The molecule has 0 aromatic carbocycles. The van der Waals surface area contributed by atoms with Crippen LogP contribution in [0.15, 0.2) is 12.1 Å². The van der Waals surface area contributed by atoms with Crippen LogP contribution in [0.1, 0.15) is 26.1 Å². The van der Waals surface area contributed by atoms with Gasteiger partial charge in [-0.1, -0.05) is 13.8 Å². The van der Waals surface area contributed by atoms with E-state index < -0.39 is 0 Å². The van der Waals surface area contributed by atoms with Crippen molar-refractivity contribution in [1.82, 2.24) is 19.8 Å². The molecule has 0 amide bonds. The minimum absolute atomic E-state index is 0.170. The molecule has 6 heteroatoms. The number of hydrogen-bond donors (Lipinski definition) is 2. The van der Waals surface area contributed by atoms with E-state index in [1.54, 1.807) is 4.52 Å². The summed E-state index contributed by atoms with van der Waals surface area (Å²) in [6, 6.07) is 3.97. The van der Waals surface area contributed by atoms with E-state index in [9.17, 15) is 0 Å². The van der Waals surface area contributed by atoms with Gasteiger partial charge in [0.05, 0.1) is 0 Å². The average molecular weight is 249 g/mol. The highest BCUT2D eigenvalue weighted by Crippen LogP contribution is 2.14. The number of fused-ring (bicyclic) bond motifs is 1. The normalized spacial score (nSPS) is 13.2. The van der Waals surface area contributed by atoms with Gasteiger partial charge in [-0.15, -0.1) is 15.3 Å². The first-order chi connectivity index (χ1) is 8.61. The Kier molecular flexibility index (Phi) is 3.76. The molecular weight excluding hydrogens is 230 g/mol. The third kappa shape index (κ3) is 2.59. The van der Waals surface area contributed by atoms with Gasteiger partial charge in [-0.3, -0.25) is 0 Å². The molecule has 1 unspecified atom stereocenters. The van der Waals surface area contributed by atoms with E-state index >= 15 is 0 Å². The zero-order chi connectivity index (χ0) is 13.1. The summed E-state index contributed by atoms with van der Waals surface area (Å²) < 4.78 is 1.71. The van der Waals surface area contributed by atoms with E-state index in [-0.39, 0.29) is 12.6 Å². The van der Waals surface area contributed by atoms with Gasteiger partial charge in [-0.05, 0) is 31.4 Å². The van der Waals surface area contributed by atoms with Gasteiger partial charge < -0.3 is 10.4 Å². The van der Waals surface area contributed by atoms with Crippen LogP contribution in [-0.4, -0.2) is 37.6 Å². The van der Waals surface area contributed by atoms with Gasteiger partial charge in [0.15, 0.2) is 11.5 Å². The topological polar surface area (TPSA) is 75.3 Å². The highest BCUT2D eigenvalue weighted by atomic mass is 16.3.